The Morgan fingerprint density at radius 3 is 2.62 bits per heavy atom. The van der Waals surface area contributed by atoms with Crippen LogP contribution in [0.15, 0.2) is 0 Å². The predicted molar refractivity (Wildman–Crippen MR) is 69.6 cm³/mol. The highest BCUT2D eigenvalue weighted by molar-refractivity contribution is 4.93. The third-order valence-corrected chi connectivity index (χ3v) is 4.35. The molecule has 1 N–H and O–H groups in total. The van der Waals surface area contributed by atoms with Crippen molar-refractivity contribution in [2.45, 2.75) is 58.5 Å². The van der Waals surface area contributed by atoms with E-state index in [1.54, 1.807) is 0 Å². The quantitative estimate of drug-likeness (QED) is 0.789. The summed E-state index contributed by atoms with van der Waals surface area (Å²) in [4.78, 5) is 2.74. The van der Waals surface area contributed by atoms with Gasteiger partial charge in [-0.3, -0.25) is 4.90 Å². The molecule has 2 nitrogen and oxygen atoms in total. The summed E-state index contributed by atoms with van der Waals surface area (Å²) < 4.78 is 0. The molecule has 0 aromatic carbocycles. The highest BCUT2D eigenvalue weighted by Crippen LogP contribution is 2.37. The van der Waals surface area contributed by atoms with Crippen molar-refractivity contribution >= 4 is 0 Å². The molecule has 1 aliphatic carbocycles. The lowest BCUT2D eigenvalue weighted by atomic mass is 9.95. The second-order valence-electron chi connectivity index (χ2n) is 6.57. The van der Waals surface area contributed by atoms with Gasteiger partial charge in [0.2, 0.25) is 0 Å². The summed E-state index contributed by atoms with van der Waals surface area (Å²) in [5, 5.41) is 3.67. The second kappa shape index (κ2) is 4.66. The molecule has 2 atom stereocenters. The summed E-state index contributed by atoms with van der Waals surface area (Å²) in [6.07, 6.45) is 4.24. The van der Waals surface area contributed by atoms with Crippen LogP contribution in [0.4, 0.5) is 0 Å². The molecule has 0 spiro atoms. The van der Waals surface area contributed by atoms with E-state index in [1.165, 1.54) is 38.9 Å². The summed E-state index contributed by atoms with van der Waals surface area (Å²) in [5.74, 6) is 1.94. The third-order valence-electron chi connectivity index (χ3n) is 4.35. The number of nitrogens with zero attached hydrogens (tertiary/aromatic N) is 1. The van der Waals surface area contributed by atoms with Crippen LogP contribution in [-0.4, -0.2) is 36.1 Å². The van der Waals surface area contributed by atoms with Crippen LogP contribution >= 0.6 is 0 Å². The summed E-state index contributed by atoms with van der Waals surface area (Å²) in [7, 11) is 0. The average Bonchev–Trinajstić information content (AvgIpc) is 2.99. The van der Waals surface area contributed by atoms with Gasteiger partial charge < -0.3 is 5.32 Å². The van der Waals surface area contributed by atoms with Crippen LogP contribution < -0.4 is 5.32 Å². The van der Waals surface area contributed by atoms with E-state index >= 15 is 0 Å². The molecule has 0 amide bonds. The first-order chi connectivity index (χ1) is 7.52. The van der Waals surface area contributed by atoms with Gasteiger partial charge in [0, 0.05) is 31.2 Å². The SMILES string of the molecule is CCC1CNC(C)(C)CN1CC(C)C1CC1. The predicted octanol–water partition coefficient (Wildman–Crippen LogP) is 2.49. The van der Waals surface area contributed by atoms with Crippen molar-refractivity contribution in [1.29, 1.82) is 0 Å². The molecule has 94 valence electrons. The zero-order chi connectivity index (χ0) is 11.8. The first-order valence-corrected chi connectivity index (χ1v) is 7.01. The van der Waals surface area contributed by atoms with E-state index < -0.39 is 0 Å². The molecule has 0 radical (unpaired) electrons. The van der Waals surface area contributed by atoms with Gasteiger partial charge >= 0.3 is 0 Å². The highest BCUT2D eigenvalue weighted by atomic mass is 15.2. The highest BCUT2D eigenvalue weighted by Gasteiger charge is 2.35. The normalized spacial score (nSPS) is 32.6. The van der Waals surface area contributed by atoms with Crippen LogP contribution in [0.3, 0.4) is 0 Å². The van der Waals surface area contributed by atoms with Gasteiger partial charge in [-0.2, -0.15) is 0 Å². The van der Waals surface area contributed by atoms with Crippen molar-refractivity contribution in [2.24, 2.45) is 11.8 Å². The Labute approximate surface area is 101 Å². The fourth-order valence-corrected chi connectivity index (χ4v) is 3.02. The van der Waals surface area contributed by atoms with Crippen molar-refractivity contribution in [3.05, 3.63) is 0 Å². The minimum Gasteiger partial charge on any atom is -0.309 e. The zero-order valence-electron chi connectivity index (χ0n) is 11.4. The molecular formula is C14H28N2. The van der Waals surface area contributed by atoms with Gasteiger partial charge in [-0.15, -0.1) is 0 Å². The third kappa shape index (κ3) is 2.98. The van der Waals surface area contributed by atoms with E-state index in [1.807, 2.05) is 0 Å². The van der Waals surface area contributed by atoms with Crippen LogP contribution in [-0.2, 0) is 0 Å². The van der Waals surface area contributed by atoms with Gasteiger partial charge in [0.25, 0.3) is 0 Å². The van der Waals surface area contributed by atoms with Crippen molar-refractivity contribution in [3.63, 3.8) is 0 Å². The number of hydrogen-bond acceptors (Lipinski definition) is 2. The lowest BCUT2D eigenvalue weighted by Gasteiger charge is -2.45. The molecule has 1 aliphatic heterocycles. The van der Waals surface area contributed by atoms with Crippen LogP contribution in [0.1, 0.15) is 47.0 Å². The molecule has 2 rings (SSSR count). The van der Waals surface area contributed by atoms with E-state index in [9.17, 15) is 0 Å². The zero-order valence-corrected chi connectivity index (χ0v) is 11.4. The Balaban J connectivity index is 1.91. The topological polar surface area (TPSA) is 15.3 Å². The molecular weight excluding hydrogens is 196 g/mol. The smallest absolute Gasteiger partial charge is 0.0252 e. The van der Waals surface area contributed by atoms with E-state index in [0.29, 0.717) is 5.54 Å². The fourth-order valence-electron chi connectivity index (χ4n) is 3.02. The van der Waals surface area contributed by atoms with Crippen molar-refractivity contribution < 1.29 is 0 Å². The number of hydrogen-bond donors (Lipinski definition) is 1. The van der Waals surface area contributed by atoms with E-state index in [4.69, 9.17) is 0 Å². The molecule has 0 bridgehead atoms. The van der Waals surface area contributed by atoms with E-state index in [2.05, 4.69) is 37.9 Å². The standard InChI is InChI=1S/C14H28N2/c1-5-13-8-15-14(3,4)10-16(13)9-11(2)12-6-7-12/h11-13,15H,5-10H2,1-4H3. The molecule has 1 saturated carbocycles. The first kappa shape index (κ1) is 12.4. The van der Waals surface area contributed by atoms with Gasteiger partial charge in [0.15, 0.2) is 0 Å². The Hall–Kier alpha value is -0.0800. The molecule has 1 saturated heterocycles. The lowest BCUT2D eigenvalue weighted by molar-refractivity contribution is 0.0760. The minimum absolute atomic E-state index is 0.301. The summed E-state index contributed by atoms with van der Waals surface area (Å²) in [5.41, 5.74) is 0.301. The molecule has 16 heavy (non-hydrogen) atoms. The van der Waals surface area contributed by atoms with Gasteiger partial charge in [0.05, 0.1) is 0 Å². The average molecular weight is 224 g/mol. The fraction of sp³-hybridized carbons (Fsp3) is 1.00. The summed E-state index contributed by atoms with van der Waals surface area (Å²) in [6.45, 7) is 13.1. The van der Waals surface area contributed by atoms with Crippen LogP contribution in [0.5, 0.6) is 0 Å². The molecule has 0 aromatic rings. The number of nitrogens with one attached hydrogen (secondary N) is 1. The largest absolute Gasteiger partial charge is 0.309 e. The number of piperazine rings is 1. The Morgan fingerprint density at radius 1 is 1.38 bits per heavy atom. The van der Waals surface area contributed by atoms with Gasteiger partial charge in [0.1, 0.15) is 0 Å². The van der Waals surface area contributed by atoms with Gasteiger partial charge in [-0.1, -0.05) is 13.8 Å². The summed E-state index contributed by atoms with van der Waals surface area (Å²) >= 11 is 0. The molecule has 1 heterocycles. The first-order valence-electron chi connectivity index (χ1n) is 7.01. The lowest BCUT2D eigenvalue weighted by Crippen LogP contribution is -2.62. The van der Waals surface area contributed by atoms with Crippen molar-refractivity contribution in [1.82, 2.24) is 10.2 Å². The summed E-state index contributed by atoms with van der Waals surface area (Å²) in [6, 6.07) is 0.759. The Kier molecular flexibility index (Phi) is 3.60. The molecule has 2 fully saturated rings. The molecule has 2 heteroatoms. The minimum atomic E-state index is 0.301. The van der Waals surface area contributed by atoms with Crippen LogP contribution in [0, 0.1) is 11.8 Å². The second-order valence-corrected chi connectivity index (χ2v) is 6.57. The van der Waals surface area contributed by atoms with Gasteiger partial charge in [-0.25, -0.2) is 0 Å². The maximum Gasteiger partial charge on any atom is 0.0252 e. The van der Waals surface area contributed by atoms with Crippen LogP contribution in [0.25, 0.3) is 0 Å². The van der Waals surface area contributed by atoms with Crippen LogP contribution in [0.2, 0.25) is 0 Å². The van der Waals surface area contributed by atoms with Crippen molar-refractivity contribution in [3.8, 4) is 0 Å². The van der Waals surface area contributed by atoms with E-state index in [0.717, 1.165) is 17.9 Å². The Morgan fingerprint density at radius 2 is 2.06 bits per heavy atom. The number of rotatable bonds is 4. The molecule has 2 unspecified atom stereocenters. The maximum absolute atomic E-state index is 3.67. The van der Waals surface area contributed by atoms with E-state index in [-0.39, 0.29) is 0 Å². The Bertz CT molecular complexity index is 233. The molecule has 2 aliphatic rings. The monoisotopic (exact) mass is 224 g/mol. The maximum atomic E-state index is 3.67. The van der Waals surface area contributed by atoms with Crippen molar-refractivity contribution in [2.75, 3.05) is 19.6 Å². The van der Waals surface area contributed by atoms with Gasteiger partial charge in [-0.05, 0) is 44.9 Å². The molecule has 0 aromatic heterocycles.